The van der Waals surface area contributed by atoms with Gasteiger partial charge < -0.3 is 10.2 Å². The highest BCUT2D eigenvalue weighted by Crippen LogP contribution is 2.27. The smallest absolute Gasteiger partial charge is 0.128 e. The van der Waals surface area contributed by atoms with Crippen molar-refractivity contribution in [2.45, 2.75) is 53.1 Å². The van der Waals surface area contributed by atoms with Gasteiger partial charge in [-0.3, -0.25) is 0 Å². The Morgan fingerprint density at radius 2 is 2.15 bits per heavy atom. The monoisotopic (exact) mass is 275 g/mol. The fraction of sp³-hybridized carbons (Fsp3) is 0.706. The lowest BCUT2D eigenvalue weighted by molar-refractivity contribution is 0.422. The number of rotatable bonds is 4. The molecule has 1 fully saturated rings. The van der Waals surface area contributed by atoms with E-state index in [1.165, 1.54) is 12.0 Å². The molecule has 0 spiro atoms. The number of nitrogens with one attached hydrogen (secondary N) is 1. The summed E-state index contributed by atoms with van der Waals surface area (Å²) in [5.41, 5.74) is 1.47. The van der Waals surface area contributed by atoms with Crippen molar-refractivity contribution in [1.29, 1.82) is 0 Å². The van der Waals surface area contributed by atoms with Crippen LogP contribution in [0, 0.1) is 11.8 Å². The van der Waals surface area contributed by atoms with Crippen LogP contribution in [0.1, 0.15) is 46.6 Å². The maximum Gasteiger partial charge on any atom is 0.128 e. The zero-order valence-electron chi connectivity index (χ0n) is 13.6. The molecule has 2 heterocycles. The normalized spacial score (nSPS) is 19.9. The van der Waals surface area contributed by atoms with Gasteiger partial charge in [-0.1, -0.05) is 13.8 Å². The summed E-state index contributed by atoms with van der Waals surface area (Å²) in [5, 5.41) is 3.54. The van der Waals surface area contributed by atoms with Crippen LogP contribution in [0.3, 0.4) is 0 Å². The van der Waals surface area contributed by atoms with E-state index in [1.807, 2.05) is 6.20 Å². The minimum absolute atomic E-state index is 0.153. The second-order valence-corrected chi connectivity index (χ2v) is 7.36. The fourth-order valence-corrected chi connectivity index (χ4v) is 2.65. The SMILES string of the molecule is CC(C)C1CCN(c2cc(CNC(C)(C)C)ccn2)C1. The summed E-state index contributed by atoms with van der Waals surface area (Å²) in [6.07, 6.45) is 3.24. The molecule has 3 nitrogen and oxygen atoms in total. The molecule has 0 amide bonds. The molecule has 1 aliphatic heterocycles. The largest absolute Gasteiger partial charge is 0.356 e. The first-order valence-corrected chi connectivity index (χ1v) is 7.80. The van der Waals surface area contributed by atoms with E-state index in [-0.39, 0.29) is 5.54 Å². The molecule has 1 aliphatic rings. The maximum absolute atomic E-state index is 4.56. The van der Waals surface area contributed by atoms with E-state index in [9.17, 15) is 0 Å². The molecule has 2 rings (SSSR count). The Bertz CT molecular complexity index is 434. The summed E-state index contributed by atoms with van der Waals surface area (Å²) in [6, 6.07) is 4.35. The van der Waals surface area contributed by atoms with Gasteiger partial charge in [0.15, 0.2) is 0 Å². The van der Waals surface area contributed by atoms with Crippen LogP contribution in [0.5, 0.6) is 0 Å². The van der Waals surface area contributed by atoms with Crippen LogP contribution in [0.15, 0.2) is 18.3 Å². The van der Waals surface area contributed by atoms with Crippen LogP contribution in [0.2, 0.25) is 0 Å². The first-order chi connectivity index (χ1) is 9.35. The van der Waals surface area contributed by atoms with Gasteiger partial charge in [0.05, 0.1) is 0 Å². The molecule has 1 N–H and O–H groups in total. The third-order valence-corrected chi connectivity index (χ3v) is 4.12. The van der Waals surface area contributed by atoms with Crippen molar-refractivity contribution in [3.05, 3.63) is 23.9 Å². The zero-order chi connectivity index (χ0) is 14.8. The Morgan fingerprint density at radius 1 is 1.40 bits per heavy atom. The number of nitrogens with zero attached hydrogens (tertiary/aromatic N) is 2. The molecule has 1 aromatic rings. The number of aromatic nitrogens is 1. The molecule has 0 radical (unpaired) electrons. The maximum atomic E-state index is 4.56. The van der Waals surface area contributed by atoms with Crippen LogP contribution in [-0.4, -0.2) is 23.6 Å². The van der Waals surface area contributed by atoms with E-state index < -0.39 is 0 Å². The Labute approximate surface area is 123 Å². The highest BCUT2D eigenvalue weighted by Gasteiger charge is 2.25. The van der Waals surface area contributed by atoms with Gasteiger partial charge in [-0.2, -0.15) is 0 Å². The molecule has 20 heavy (non-hydrogen) atoms. The van der Waals surface area contributed by atoms with Crippen molar-refractivity contribution < 1.29 is 0 Å². The summed E-state index contributed by atoms with van der Waals surface area (Å²) >= 11 is 0. The molecule has 1 saturated heterocycles. The zero-order valence-corrected chi connectivity index (χ0v) is 13.6. The first-order valence-electron chi connectivity index (χ1n) is 7.80. The van der Waals surface area contributed by atoms with Crippen LogP contribution >= 0.6 is 0 Å². The summed E-state index contributed by atoms with van der Waals surface area (Å²) in [5.74, 6) is 2.72. The minimum atomic E-state index is 0.153. The van der Waals surface area contributed by atoms with Crippen LogP contribution < -0.4 is 10.2 Å². The van der Waals surface area contributed by atoms with Gasteiger partial charge in [0.25, 0.3) is 0 Å². The van der Waals surface area contributed by atoms with Crippen molar-refractivity contribution >= 4 is 5.82 Å². The van der Waals surface area contributed by atoms with Crippen molar-refractivity contribution in [3.8, 4) is 0 Å². The Balaban J connectivity index is 2.00. The van der Waals surface area contributed by atoms with E-state index in [1.54, 1.807) is 0 Å². The average molecular weight is 275 g/mol. The highest BCUT2D eigenvalue weighted by atomic mass is 15.2. The van der Waals surface area contributed by atoms with Gasteiger partial charge in [0, 0.05) is 31.4 Å². The number of hydrogen-bond acceptors (Lipinski definition) is 3. The second-order valence-electron chi connectivity index (χ2n) is 7.36. The summed E-state index contributed by atoms with van der Waals surface area (Å²) in [6.45, 7) is 14.4. The van der Waals surface area contributed by atoms with E-state index in [0.717, 1.165) is 37.3 Å². The van der Waals surface area contributed by atoms with Gasteiger partial charge in [0.2, 0.25) is 0 Å². The summed E-state index contributed by atoms with van der Waals surface area (Å²) in [4.78, 5) is 6.99. The van der Waals surface area contributed by atoms with E-state index >= 15 is 0 Å². The van der Waals surface area contributed by atoms with Gasteiger partial charge in [0.1, 0.15) is 5.82 Å². The molecule has 1 atom stereocenters. The van der Waals surface area contributed by atoms with Gasteiger partial charge in [-0.15, -0.1) is 0 Å². The Kier molecular flexibility index (Phi) is 4.69. The highest BCUT2D eigenvalue weighted by molar-refractivity contribution is 5.42. The minimum Gasteiger partial charge on any atom is -0.356 e. The lowest BCUT2D eigenvalue weighted by Crippen LogP contribution is -2.35. The molecule has 1 aromatic heterocycles. The topological polar surface area (TPSA) is 28.2 Å². The van der Waals surface area contributed by atoms with E-state index in [4.69, 9.17) is 0 Å². The quantitative estimate of drug-likeness (QED) is 0.912. The summed E-state index contributed by atoms with van der Waals surface area (Å²) < 4.78 is 0. The molecular weight excluding hydrogens is 246 g/mol. The standard InChI is InChI=1S/C17H29N3/c1-13(2)15-7-9-20(12-15)16-10-14(6-8-18-16)11-19-17(3,4)5/h6,8,10,13,15,19H,7,9,11-12H2,1-5H3. The van der Waals surface area contributed by atoms with Crippen LogP contribution in [0.25, 0.3) is 0 Å². The second kappa shape index (κ2) is 6.13. The Morgan fingerprint density at radius 3 is 2.75 bits per heavy atom. The lowest BCUT2D eigenvalue weighted by Gasteiger charge is -2.22. The predicted octanol–water partition coefficient (Wildman–Crippen LogP) is 3.45. The molecular formula is C17H29N3. The average Bonchev–Trinajstić information content (AvgIpc) is 2.86. The lowest BCUT2D eigenvalue weighted by atomic mass is 9.95. The molecule has 0 aliphatic carbocycles. The number of anilines is 1. The number of hydrogen-bond donors (Lipinski definition) is 1. The van der Waals surface area contributed by atoms with Crippen molar-refractivity contribution in [3.63, 3.8) is 0 Å². The molecule has 0 saturated carbocycles. The summed E-state index contributed by atoms with van der Waals surface area (Å²) in [7, 11) is 0. The third kappa shape index (κ3) is 4.20. The molecule has 3 heteroatoms. The molecule has 1 unspecified atom stereocenters. The van der Waals surface area contributed by atoms with Gasteiger partial charge in [-0.25, -0.2) is 4.98 Å². The molecule has 112 valence electrons. The first kappa shape index (κ1) is 15.3. The molecule has 0 bridgehead atoms. The Hall–Kier alpha value is -1.09. The predicted molar refractivity (Wildman–Crippen MR) is 86.0 cm³/mol. The fourth-order valence-electron chi connectivity index (χ4n) is 2.65. The van der Waals surface area contributed by atoms with Crippen molar-refractivity contribution in [2.75, 3.05) is 18.0 Å². The van der Waals surface area contributed by atoms with Crippen molar-refractivity contribution in [2.24, 2.45) is 11.8 Å². The van der Waals surface area contributed by atoms with E-state index in [0.29, 0.717) is 0 Å². The van der Waals surface area contributed by atoms with Gasteiger partial charge >= 0.3 is 0 Å². The third-order valence-electron chi connectivity index (χ3n) is 4.12. The number of pyridine rings is 1. The van der Waals surface area contributed by atoms with E-state index in [2.05, 4.69) is 62.0 Å². The van der Waals surface area contributed by atoms with Gasteiger partial charge in [-0.05, 0) is 56.7 Å². The van der Waals surface area contributed by atoms with Crippen molar-refractivity contribution in [1.82, 2.24) is 10.3 Å². The molecule has 0 aromatic carbocycles. The van der Waals surface area contributed by atoms with Crippen LogP contribution in [-0.2, 0) is 6.54 Å². The van der Waals surface area contributed by atoms with Crippen LogP contribution in [0.4, 0.5) is 5.82 Å².